The average Bonchev–Trinajstić information content (AvgIpc) is 2.42. The van der Waals surface area contributed by atoms with Crippen molar-refractivity contribution in [3.05, 3.63) is 35.4 Å². The minimum absolute atomic E-state index is 0.237. The summed E-state index contributed by atoms with van der Waals surface area (Å²) in [4.78, 5) is 34.6. The van der Waals surface area contributed by atoms with E-state index in [0.717, 1.165) is 5.56 Å². The molecule has 6 heteroatoms. The van der Waals surface area contributed by atoms with Gasteiger partial charge < -0.3 is 15.7 Å². The molecule has 0 saturated heterocycles. The first-order valence-electron chi connectivity index (χ1n) is 6.69. The smallest absolute Gasteiger partial charge is 0.326 e. The van der Waals surface area contributed by atoms with E-state index < -0.39 is 17.9 Å². The van der Waals surface area contributed by atoms with Gasteiger partial charge in [0.25, 0.3) is 5.91 Å². The van der Waals surface area contributed by atoms with Crippen LogP contribution in [0.3, 0.4) is 0 Å². The summed E-state index contributed by atoms with van der Waals surface area (Å²) < 4.78 is 0. The van der Waals surface area contributed by atoms with Gasteiger partial charge in [-0.1, -0.05) is 32.0 Å². The first-order valence-corrected chi connectivity index (χ1v) is 6.69. The molecule has 3 N–H and O–H groups in total. The molecule has 0 aliphatic rings. The topological polar surface area (TPSA) is 95.5 Å². The van der Waals surface area contributed by atoms with Gasteiger partial charge in [0.1, 0.15) is 6.04 Å². The molecule has 21 heavy (non-hydrogen) atoms. The van der Waals surface area contributed by atoms with Gasteiger partial charge in [-0.3, -0.25) is 9.59 Å². The third-order valence-electron chi connectivity index (χ3n) is 3.05. The van der Waals surface area contributed by atoms with E-state index in [9.17, 15) is 14.4 Å². The second-order valence-corrected chi connectivity index (χ2v) is 5.13. The number of carboxylic acid groups (broad SMARTS) is 1. The number of rotatable bonds is 6. The highest BCUT2D eigenvalue weighted by Crippen LogP contribution is 2.06. The van der Waals surface area contributed by atoms with E-state index in [-0.39, 0.29) is 18.4 Å². The minimum Gasteiger partial charge on any atom is -0.480 e. The van der Waals surface area contributed by atoms with Gasteiger partial charge in [0.2, 0.25) is 5.91 Å². The molecule has 0 bridgehead atoms. The number of hydrogen-bond acceptors (Lipinski definition) is 3. The van der Waals surface area contributed by atoms with Crippen molar-refractivity contribution < 1.29 is 19.5 Å². The molecular weight excluding hydrogens is 272 g/mol. The lowest BCUT2D eigenvalue weighted by molar-refractivity contribution is -0.142. The number of hydrogen-bond donors (Lipinski definition) is 3. The van der Waals surface area contributed by atoms with Gasteiger partial charge in [-0.15, -0.1) is 0 Å². The van der Waals surface area contributed by atoms with Crippen LogP contribution in [0.4, 0.5) is 0 Å². The van der Waals surface area contributed by atoms with Crippen LogP contribution >= 0.6 is 0 Å². The van der Waals surface area contributed by atoms with E-state index in [1.54, 1.807) is 39.0 Å². The van der Waals surface area contributed by atoms with Crippen molar-refractivity contribution in [1.29, 1.82) is 0 Å². The van der Waals surface area contributed by atoms with Crippen molar-refractivity contribution in [2.75, 3.05) is 6.54 Å². The molecule has 1 rings (SSSR count). The van der Waals surface area contributed by atoms with Gasteiger partial charge in [-0.2, -0.15) is 0 Å². The van der Waals surface area contributed by atoms with Gasteiger partial charge in [0, 0.05) is 5.56 Å². The molecular formula is C15H20N2O4. The summed E-state index contributed by atoms with van der Waals surface area (Å²) in [5, 5.41) is 13.8. The van der Waals surface area contributed by atoms with Crippen LogP contribution in [0.1, 0.15) is 29.8 Å². The molecule has 0 radical (unpaired) electrons. The van der Waals surface area contributed by atoms with Crippen LogP contribution in [-0.4, -0.2) is 35.5 Å². The molecule has 6 nitrogen and oxygen atoms in total. The molecule has 1 atom stereocenters. The highest BCUT2D eigenvalue weighted by molar-refractivity contribution is 5.97. The molecule has 0 aliphatic heterocycles. The fourth-order valence-electron chi connectivity index (χ4n) is 1.82. The number of aliphatic carboxylic acids is 1. The van der Waals surface area contributed by atoms with Crippen LogP contribution in [0.25, 0.3) is 0 Å². The van der Waals surface area contributed by atoms with Crippen molar-refractivity contribution in [2.45, 2.75) is 26.8 Å². The van der Waals surface area contributed by atoms with Crippen LogP contribution in [0.2, 0.25) is 0 Å². The van der Waals surface area contributed by atoms with E-state index in [2.05, 4.69) is 10.6 Å². The Balaban J connectivity index is 2.55. The number of benzene rings is 1. The van der Waals surface area contributed by atoms with E-state index in [0.29, 0.717) is 5.56 Å². The van der Waals surface area contributed by atoms with Gasteiger partial charge >= 0.3 is 5.97 Å². The average molecular weight is 292 g/mol. The predicted molar refractivity (Wildman–Crippen MR) is 77.9 cm³/mol. The summed E-state index contributed by atoms with van der Waals surface area (Å²) >= 11 is 0. The minimum atomic E-state index is -1.09. The molecule has 0 unspecified atom stereocenters. The Morgan fingerprint density at radius 3 is 2.33 bits per heavy atom. The summed E-state index contributed by atoms with van der Waals surface area (Å²) in [6, 6.07) is 6.05. The van der Waals surface area contributed by atoms with Crippen molar-refractivity contribution in [2.24, 2.45) is 5.92 Å². The summed E-state index contributed by atoms with van der Waals surface area (Å²) in [5.74, 6) is -2.22. The highest BCUT2D eigenvalue weighted by atomic mass is 16.4. The van der Waals surface area contributed by atoms with Crippen molar-refractivity contribution >= 4 is 17.8 Å². The lowest BCUT2D eigenvalue weighted by Gasteiger charge is -2.18. The maximum Gasteiger partial charge on any atom is 0.326 e. The highest BCUT2D eigenvalue weighted by Gasteiger charge is 2.23. The Bertz CT molecular complexity index is 540. The summed E-state index contributed by atoms with van der Waals surface area (Å²) in [6.45, 7) is 4.94. The maximum atomic E-state index is 11.9. The first-order chi connectivity index (χ1) is 9.82. The number of carboxylic acids is 1. The molecule has 2 amide bonds. The van der Waals surface area contributed by atoms with E-state index >= 15 is 0 Å². The Morgan fingerprint density at radius 2 is 1.81 bits per heavy atom. The molecule has 1 aromatic rings. The van der Waals surface area contributed by atoms with Gasteiger partial charge in [0.05, 0.1) is 6.54 Å². The molecule has 0 aliphatic carbocycles. The summed E-state index contributed by atoms with van der Waals surface area (Å²) in [5.41, 5.74) is 1.30. The van der Waals surface area contributed by atoms with Crippen LogP contribution in [-0.2, 0) is 9.59 Å². The van der Waals surface area contributed by atoms with E-state index in [4.69, 9.17) is 5.11 Å². The normalized spacial score (nSPS) is 11.8. The van der Waals surface area contributed by atoms with Crippen LogP contribution < -0.4 is 10.6 Å². The van der Waals surface area contributed by atoms with Crippen molar-refractivity contribution in [1.82, 2.24) is 10.6 Å². The Morgan fingerprint density at radius 1 is 1.19 bits per heavy atom. The largest absolute Gasteiger partial charge is 0.480 e. The Labute approximate surface area is 123 Å². The zero-order valence-corrected chi connectivity index (χ0v) is 12.3. The maximum absolute atomic E-state index is 11.9. The number of nitrogens with one attached hydrogen (secondary N) is 2. The quantitative estimate of drug-likeness (QED) is 0.727. The fraction of sp³-hybridized carbons (Fsp3) is 0.400. The zero-order valence-electron chi connectivity index (χ0n) is 12.3. The van der Waals surface area contributed by atoms with Gasteiger partial charge in [-0.25, -0.2) is 4.79 Å². The molecule has 0 heterocycles. The molecule has 0 saturated carbocycles. The molecule has 1 aromatic carbocycles. The van der Waals surface area contributed by atoms with Crippen LogP contribution in [0.15, 0.2) is 24.3 Å². The second kappa shape index (κ2) is 7.42. The monoisotopic (exact) mass is 292 g/mol. The van der Waals surface area contributed by atoms with Gasteiger partial charge in [-0.05, 0) is 24.5 Å². The SMILES string of the molecule is Cc1ccccc1C(=O)NCC(=O)N[C@H](C(=O)O)C(C)C. The summed E-state index contributed by atoms with van der Waals surface area (Å²) in [7, 11) is 0. The lowest BCUT2D eigenvalue weighted by atomic mass is 10.0. The lowest BCUT2D eigenvalue weighted by Crippen LogP contribution is -2.48. The summed E-state index contributed by atoms with van der Waals surface area (Å²) in [6.07, 6.45) is 0. The molecule has 0 spiro atoms. The predicted octanol–water partition coefficient (Wildman–Crippen LogP) is 0.950. The van der Waals surface area contributed by atoms with Crippen LogP contribution in [0, 0.1) is 12.8 Å². The number of amides is 2. The third-order valence-corrected chi connectivity index (χ3v) is 3.05. The molecule has 0 fully saturated rings. The molecule has 0 aromatic heterocycles. The second-order valence-electron chi connectivity index (χ2n) is 5.13. The number of carbonyl (C=O) groups is 3. The van der Waals surface area contributed by atoms with E-state index in [1.807, 2.05) is 6.07 Å². The van der Waals surface area contributed by atoms with E-state index in [1.165, 1.54) is 0 Å². The standard InChI is InChI=1S/C15H20N2O4/c1-9(2)13(15(20)21)17-12(18)8-16-14(19)11-7-5-4-6-10(11)3/h4-7,9,13H,8H2,1-3H3,(H,16,19)(H,17,18)(H,20,21)/t13-/m0/s1. The Kier molecular flexibility index (Phi) is 5.90. The first kappa shape index (κ1) is 16.7. The van der Waals surface area contributed by atoms with Crippen molar-refractivity contribution in [3.63, 3.8) is 0 Å². The Hall–Kier alpha value is -2.37. The number of aryl methyl sites for hydroxylation is 1. The van der Waals surface area contributed by atoms with Gasteiger partial charge in [0.15, 0.2) is 0 Å². The van der Waals surface area contributed by atoms with Crippen LogP contribution in [0.5, 0.6) is 0 Å². The third kappa shape index (κ3) is 4.91. The van der Waals surface area contributed by atoms with Crippen molar-refractivity contribution in [3.8, 4) is 0 Å². The zero-order chi connectivity index (χ0) is 16.0. The molecule has 114 valence electrons. The fourth-order valence-corrected chi connectivity index (χ4v) is 1.82. The number of carbonyl (C=O) groups excluding carboxylic acids is 2.